The van der Waals surface area contributed by atoms with E-state index in [1.807, 2.05) is 0 Å². The third-order valence-electron chi connectivity index (χ3n) is 1.50. The Balaban J connectivity index is 2.00. The molecular weight excluding hydrogens is 200 g/mol. The van der Waals surface area contributed by atoms with Gasteiger partial charge in [-0.2, -0.15) is 4.80 Å². The molecule has 8 nitrogen and oxygen atoms in total. The highest BCUT2D eigenvalue weighted by Crippen LogP contribution is 1.82. The van der Waals surface area contributed by atoms with Crippen LogP contribution in [0.25, 0.3) is 0 Å². The molecule has 1 amide bonds. The molecule has 1 rings (SSSR count). The van der Waals surface area contributed by atoms with Gasteiger partial charge in [0.15, 0.2) is 5.82 Å². The van der Waals surface area contributed by atoms with E-state index >= 15 is 0 Å². The lowest BCUT2D eigenvalue weighted by atomic mass is 10.5. The number of nitrogens with two attached hydrogens (primary N) is 1. The number of hydrogen-bond donors (Lipinski definition) is 2. The van der Waals surface area contributed by atoms with Crippen LogP contribution in [0.1, 0.15) is 5.82 Å². The fraction of sp³-hybridized carbons (Fsp3) is 0.714. The SMILES string of the molecule is Cn1nnc(CNCCOCC(N)=O)n1. The summed E-state index contributed by atoms with van der Waals surface area (Å²) < 4.78 is 4.94. The van der Waals surface area contributed by atoms with Gasteiger partial charge in [0.2, 0.25) is 5.91 Å². The van der Waals surface area contributed by atoms with Crippen LogP contribution < -0.4 is 11.1 Å². The largest absolute Gasteiger partial charge is 0.370 e. The average molecular weight is 214 g/mol. The molecule has 1 heterocycles. The van der Waals surface area contributed by atoms with Crippen molar-refractivity contribution in [2.24, 2.45) is 12.8 Å². The second-order valence-corrected chi connectivity index (χ2v) is 2.89. The predicted octanol–water partition coefficient (Wildman–Crippen LogP) is -2.20. The first-order valence-electron chi connectivity index (χ1n) is 4.48. The summed E-state index contributed by atoms with van der Waals surface area (Å²) in [6.07, 6.45) is 0. The Labute approximate surface area is 86.8 Å². The molecule has 0 radical (unpaired) electrons. The highest BCUT2D eigenvalue weighted by Gasteiger charge is 1.98. The monoisotopic (exact) mass is 214 g/mol. The summed E-state index contributed by atoms with van der Waals surface area (Å²) in [5, 5.41) is 14.5. The number of aryl methyl sites for hydroxylation is 1. The summed E-state index contributed by atoms with van der Waals surface area (Å²) in [7, 11) is 1.70. The Morgan fingerprint density at radius 2 is 2.47 bits per heavy atom. The van der Waals surface area contributed by atoms with Gasteiger partial charge in [0, 0.05) is 6.54 Å². The van der Waals surface area contributed by atoms with E-state index in [1.54, 1.807) is 7.05 Å². The molecule has 0 atom stereocenters. The minimum Gasteiger partial charge on any atom is -0.370 e. The van der Waals surface area contributed by atoms with Crippen molar-refractivity contribution in [2.45, 2.75) is 6.54 Å². The minimum absolute atomic E-state index is 0.0505. The molecular formula is C7H14N6O2. The van der Waals surface area contributed by atoms with Crippen LogP contribution in [0.15, 0.2) is 0 Å². The number of carbonyl (C=O) groups excluding carboxylic acids is 1. The molecule has 8 heteroatoms. The van der Waals surface area contributed by atoms with Crippen LogP contribution in [0.2, 0.25) is 0 Å². The first-order valence-corrected chi connectivity index (χ1v) is 4.48. The predicted molar refractivity (Wildman–Crippen MR) is 50.5 cm³/mol. The highest BCUT2D eigenvalue weighted by molar-refractivity contribution is 5.74. The van der Waals surface area contributed by atoms with Crippen LogP contribution >= 0.6 is 0 Å². The Morgan fingerprint density at radius 3 is 3.07 bits per heavy atom. The van der Waals surface area contributed by atoms with Gasteiger partial charge in [-0.1, -0.05) is 0 Å². The first kappa shape index (κ1) is 11.5. The third-order valence-corrected chi connectivity index (χ3v) is 1.50. The van der Waals surface area contributed by atoms with Gasteiger partial charge in [0.05, 0.1) is 20.2 Å². The van der Waals surface area contributed by atoms with Crippen LogP contribution in [0.4, 0.5) is 0 Å². The van der Waals surface area contributed by atoms with Crippen molar-refractivity contribution < 1.29 is 9.53 Å². The van der Waals surface area contributed by atoms with E-state index in [0.29, 0.717) is 25.5 Å². The maximum atomic E-state index is 10.3. The summed E-state index contributed by atoms with van der Waals surface area (Å²) in [6.45, 7) is 1.49. The summed E-state index contributed by atoms with van der Waals surface area (Å²) in [5.41, 5.74) is 4.89. The molecule has 0 fully saturated rings. The molecule has 0 aliphatic rings. The van der Waals surface area contributed by atoms with E-state index in [2.05, 4.69) is 20.7 Å². The van der Waals surface area contributed by atoms with Crippen LogP contribution in [-0.4, -0.2) is 45.9 Å². The number of amides is 1. The van der Waals surface area contributed by atoms with Crippen molar-refractivity contribution in [3.8, 4) is 0 Å². The van der Waals surface area contributed by atoms with Crippen LogP contribution in [-0.2, 0) is 23.1 Å². The van der Waals surface area contributed by atoms with E-state index in [1.165, 1.54) is 4.80 Å². The molecule has 15 heavy (non-hydrogen) atoms. The van der Waals surface area contributed by atoms with Crippen LogP contribution in [0.5, 0.6) is 0 Å². The Kier molecular flexibility index (Phi) is 4.64. The van der Waals surface area contributed by atoms with Crippen molar-refractivity contribution in [2.75, 3.05) is 19.8 Å². The van der Waals surface area contributed by atoms with Crippen molar-refractivity contribution in [3.05, 3.63) is 5.82 Å². The molecule has 0 aliphatic carbocycles. The van der Waals surface area contributed by atoms with Crippen LogP contribution in [0, 0.1) is 0 Å². The van der Waals surface area contributed by atoms with Gasteiger partial charge in [0.1, 0.15) is 6.61 Å². The maximum Gasteiger partial charge on any atom is 0.243 e. The average Bonchev–Trinajstić information content (AvgIpc) is 2.57. The van der Waals surface area contributed by atoms with E-state index in [4.69, 9.17) is 10.5 Å². The number of tetrazole rings is 1. The minimum atomic E-state index is -0.467. The zero-order valence-corrected chi connectivity index (χ0v) is 8.51. The zero-order chi connectivity index (χ0) is 11.1. The highest BCUT2D eigenvalue weighted by atomic mass is 16.5. The molecule has 1 aromatic heterocycles. The van der Waals surface area contributed by atoms with E-state index in [0.717, 1.165) is 0 Å². The lowest BCUT2D eigenvalue weighted by molar-refractivity contribution is -0.122. The molecule has 3 N–H and O–H groups in total. The molecule has 0 bridgehead atoms. The van der Waals surface area contributed by atoms with E-state index in [9.17, 15) is 4.79 Å². The standard InChI is InChI=1S/C7H14N6O2/c1-13-11-7(10-12-13)4-9-2-3-15-5-6(8)14/h9H,2-5H2,1H3,(H2,8,14). The summed E-state index contributed by atoms with van der Waals surface area (Å²) in [4.78, 5) is 11.7. The maximum absolute atomic E-state index is 10.3. The topological polar surface area (TPSA) is 108 Å². The number of ether oxygens (including phenoxy) is 1. The van der Waals surface area contributed by atoms with Gasteiger partial charge in [-0.15, -0.1) is 10.2 Å². The summed E-state index contributed by atoms with van der Waals surface area (Å²) in [5.74, 6) is 0.151. The molecule has 0 aromatic carbocycles. The Bertz CT molecular complexity index is 312. The van der Waals surface area contributed by atoms with Gasteiger partial charge >= 0.3 is 0 Å². The fourth-order valence-electron chi connectivity index (χ4n) is 0.911. The van der Waals surface area contributed by atoms with Gasteiger partial charge in [0.25, 0.3) is 0 Å². The normalized spacial score (nSPS) is 10.5. The summed E-state index contributed by atoms with van der Waals surface area (Å²) >= 11 is 0. The first-order chi connectivity index (χ1) is 7.18. The number of hydrogen-bond acceptors (Lipinski definition) is 6. The molecule has 0 unspecified atom stereocenters. The fourth-order valence-corrected chi connectivity index (χ4v) is 0.911. The third kappa shape index (κ3) is 5.03. The number of primary amides is 1. The molecule has 0 aliphatic heterocycles. The van der Waals surface area contributed by atoms with Crippen LogP contribution in [0.3, 0.4) is 0 Å². The Hall–Kier alpha value is -1.54. The number of nitrogens with zero attached hydrogens (tertiary/aromatic N) is 4. The molecule has 0 saturated heterocycles. The quantitative estimate of drug-likeness (QED) is 0.499. The van der Waals surface area contributed by atoms with Crippen molar-refractivity contribution in [1.82, 2.24) is 25.5 Å². The van der Waals surface area contributed by atoms with Crippen molar-refractivity contribution in [1.29, 1.82) is 0 Å². The van der Waals surface area contributed by atoms with Gasteiger partial charge in [-0.3, -0.25) is 4.79 Å². The van der Waals surface area contributed by atoms with E-state index in [-0.39, 0.29) is 6.61 Å². The van der Waals surface area contributed by atoms with Gasteiger partial charge in [-0.25, -0.2) is 0 Å². The molecule has 0 spiro atoms. The number of carbonyl (C=O) groups is 1. The van der Waals surface area contributed by atoms with Gasteiger partial charge in [-0.05, 0) is 5.21 Å². The molecule has 1 aromatic rings. The molecule has 84 valence electrons. The smallest absolute Gasteiger partial charge is 0.243 e. The number of nitrogens with one attached hydrogen (secondary N) is 1. The Morgan fingerprint density at radius 1 is 1.67 bits per heavy atom. The van der Waals surface area contributed by atoms with Crippen molar-refractivity contribution in [3.63, 3.8) is 0 Å². The number of aromatic nitrogens is 4. The second kappa shape index (κ2) is 6.04. The number of rotatable bonds is 7. The second-order valence-electron chi connectivity index (χ2n) is 2.89. The lowest BCUT2D eigenvalue weighted by Crippen LogP contribution is -2.24. The van der Waals surface area contributed by atoms with E-state index < -0.39 is 5.91 Å². The molecule has 0 saturated carbocycles. The summed E-state index contributed by atoms with van der Waals surface area (Å²) in [6, 6.07) is 0. The lowest BCUT2D eigenvalue weighted by Gasteiger charge is -2.01. The van der Waals surface area contributed by atoms with Gasteiger partial charge < -0.3 is 15.8 Å². The zero-order valence-electron chi connectivity index (χ0n) is 8.51. The van der Waals surface area contributed by atoms with Crippen molar-refractivity contribution >= 4 is 5.91 Å².